The zero-order chi connectivity index (χ0) is 69.1. The van der Waals surface area contributed by atoms with Crippen LogP contribution in [0.15, 0.2) is 146 Å². The van der Waals surface area contributed by atoms with E-state index in [0.29, 0.717) is 104 Å². The Morgan fingerprint density at radius 1 is 0.330 bits per heavy atom. The first-order chi connectivity index (χ1) is 45.9. The second-order valence-corrected chi connectivity index (χ2v) is 30.3. The molecule has 4 saturated carbocycles. The van der Waals surface area contributed by atoms with Crippen molar-refractivity contribution < 1.29 is 48.3 Å². The third-order valence-corrected chi connectivity index (χ3v) is 21.8. The molecule has 12 atom stereocenters. The molecule has 0 saturated heterocycles. The molecule has 520 valence electrons. The first-order valence-electron chi connectivity index (χ1n) is 36.0. The zero-order valence-electron chi connectivity index (χ0n) is 60.2. The van der Waals surface area contributed by atoms with Gasteiger partial charge >= 0.3 is 23.9 Å². The van der Waals surface area contributed by atoms with Crippen molar-refractivity contribution in [2.45, 2.75) is 185 Å². The lowest BCUT2D eigenvalue weighted by atomic mass is 9.75. The average molecular weight is 1340 g/mol. The fraction of sp³-hybridized carbons (Fsp3) is 0.488. The number of aliphatic hydroxyl groups excluding tert-OH is 2. The van der Waals surface area contributed by atoms with E-state index in [-0.39, 0.29) is 49.9 Å². The van der Waals surface area contributed by atoms with Gasteiger partial charge < -0.3 is 29.2 Å². The molecule has 0 heterocycles. The summed E-state index contributed by atoms with van der Waals surface area (Å²) < 4.78 is 22.9. The number of carbonyl (C=O) groups is 4. The number of aliphatic hydroxyl groups is 2. The second-order valence-electron chi connectivity index (χ2n) is 30.3. The normalized spacial score (nSPS) is 24.0. The van der Waals surface area contributed by atoms with Crippen molar-refractivity contribution in [1.29, 1.82) is 0 Å². The Labute approximate surface area is 585 Å². The maximum Gasteiger partial charge on any atom is 0.339 e. The van der Waals surface area contributed by atoms with Crippen LogP contribution in [0, 0.1) is 71.0 Å². The summed E-state index contributed by atoms with van der Waals surface area (Å²) in [6, 6.07) is 47.1. The third kappa shape index (κ3) is 18.8. The van der Waals surface area contributed by atoms with Crippen LogP contribution in [0.25, 0.3) is 65.3 Å². The molecule has 8 aromatic rings. The molecule has 12 rings (SSSR count). The highest BCUT2D eigenvalue weighted by atomic mass is 32.1. The molecule has 0 amide bonds. The summed E-state index contributed by atoms with van der Waals surface area (Å²) in [5.74, 6) is 4.96. The van der Waals surface area contributed by atoms with E-state index in [1.54, 1.807) is 0 Å². The maximum absolute atomic E-state index is 13.9. The minimum absolute atomic E-state index is 0. The molecule has 4 aliphatic rings. The molecule has 97 heavy (non-hydrogen) atoms. The van der Waals surface area contributed by atoms with E-state index in [2.05, 4.69) is 83.1 Å². The highest BCUT2D eigenvalue weighted by molar-refractivity contribution is 7.59. The van der Waals surface area contributed by atoms with Crippen molar-refractivity contribution in [3.8, 4) is 22.3 Å². The summed E-state index contributed by atoms with van der Waals surface area (Å²) in [5, 5.41) is 27.2. The van der Waals surface area contributed by atoms with Gasteiger partial charge in [-0.05, 0) is 236 Å². The van der Waals surface area contributed by atoms with Gasteiger partial charge in [0, 0.05) is 0 Å². The van der Waals surface area contributed by atoms with E-state index in [0.717, 1.165) is 106 Å². The Morgan fingerprint density at radius 2 is 0.546 bits per heavy atom. The van der Waals surface area contributed by atoms with Crippen molar-refractivity contribution in [3.63, 3.8) is 0 Å². The van der Waals surface area contributed by atoms with Crippen LogP contribution in [0.1, 0.15) is 202 Å². The third-order valence-electron chi connectivity index (χ3n) is 21.8. The number of hydrogen-bond acceptors (Lipinski definition) is 10. The van der Waals surface area contributed by atoms with E-state index in [1.165, 1.54) is 39.9 Å². The molecule has 0 unspecified atom stereocenters. The van der Waals surface area contributed by atoms with Crippen LogP contribution >= 0.6 is 13.5 Å². The first-order valence-corrected chi connectivity index (χ1v) is 36.0. The van der Waals surface area contributed by atoms with Crippen LogP contribution in [-0.2, 0) is 18.9 Å². The minimum atomic E-state index is -0.436. The van der Waals surface area contributed by atoms with Crippen molar-refractivity contribution >= 4 is 80.5 Å². The van der Waals surface area contributed by atoms with Gasteiger partial charge in [-0.15, -0.1) is 0 Å². The number of benzene rings is 8. The second kappa shape index (κ2) is 34.6. The lowest BCUT2D eigenvalue weighted by molar-refractivity contribution is -0.0181. The highest BCUT2D eigenvalue weighted by Gasteiger charge is 2.37. The molecule has 8 aromatic carbocycles. The molecule has 2 N–H and O–H groups in total. The lowest BCUT2D eigenvalue weighted by Gasteiger charge is -2.36. The molecule has 0 aliphatic heterocycles. The van der Waals surface area contributed by atoms with Crippen molar-refractivity contribution in [3.05, 3.63) is 168 Å². The van der Waals surface area contributed by atoms with E-state index in [1.807, 2.05) is 146 Å². The number of rotatable bonds is 12. The molecule has 11 heteroatoms. The molecule has 0 aromatic heterocycles. The van der Waals surface area contributed by atoms with Gasteiger partial charge in [-0.2, -0.15) is 13.5 Å². The monoisotopic (exact) mass is 1330 g/mol. The van der Waals surface area contributed by atoms with Gasteiger partial charge in [-0.25, -0.2) is 19.2 Å². The molecule has 0 bridgehead atoms. The number of carbonyl (C=O) groups excluding carboxylic acids is 4. The molecular formula is C86H110O10S. The van der Waals surface area contributed by atoms with Gasteiger partial charge in [0.2, 0.25) is 0 Å². The van der Waals surface area contributed by atoms with E-state index >= 15 is 0 Å². The summed E-state index contributed by atoms with van der Waals surface area (Å²) in [4.78, 5) is 53.7. The molecule has 10 nitrogen and oxygen atoms in total. The molecular weight excluding hydrogens is 1230 g/mol. The number of hydrogen-bond donors (Lipinski definition) is 2. The lowest BCUT2D eigenvalue weighted by Crippen LogP contribution is -2.36. The molecule has 4 aliphatic carbocycles. The van der Waals surface area contributed by atoms with Gasteiger partial charge in [0.25, 0.3) is 0 Å². The van der Waals surface area contributed by atoms with E-state index in [4.69, 9.17) is 18.9 Å². The van der Waals surface area contributed by atoms with E-state index < -0.39 is 11.9 Å². The zero-order valence-corrected chi connectivity index (χ0v) is 61.2. The van der Waals surface area contributed by atoms with Gasteiger partial charge in [-0.3, -0.25) is 0 Å². The number of ether oxygens (including phenoxy) is 4. The predicted octanol–water partition coefficient (Wildman–Crippen LogP) is 21.1. The average Bonchev–Trinajstić information content (AvgIpc) is 0.776. The summed E-state index contributed by atoms with van der Waals surface area (Å²) >= 11 is 0. The fourth-order valence-corrected chi connectivity index (χ4v) is 16.0. The quantitative estimate of drug-likeness (QED) is 0.0895. The summed E-state index contributed by atoms with van der Waals surface area (Å²) in [6.45, 7) is 26.6. The first kappa shape index (κ1) is 75.7. The Morgan fingerprint density at radius 3 is 0.773 bits per heavy atom. The highest BCUT2D eigenvalue weighted by Crippen LogP contribution is 2.42. The largest absolute Gasteiger partial charge is 0.465 e. The molecule has 4 fully saturated rings. The molecule has 0 radical (unpaired) electrons. The number of methoxy groups -OCH3 is 2. The predicted molar refractivity (Wildman–Crippen MR) is 403 cm³/mol. The smallest absolute Gasteiger partial charge is 0.339 e. The van der Waals surface area contributed by atoms with Crippen LogP contribution in [0.4, 0.5) is 0 Å². The summed E-state index contributed by atoms with van der Waals surface area (Å²) in [6.07, 6.45) is 13.0. The topological polar surface area (TPSA) is 146 Å². The van der Waals surface area contributed by atoms with Gasteiger partial charge in [0.15, 0.2) is 0 Å². The van der Waals surface area contributed by atoms with Gasteiger partial charge in [0.05, 0.1) is 48.7 Å². The van der Waals surface area contributed by atoms with Crippen LogP contribution in [0.2, 0.25) is 0 Å². The van der Waals surface area contributed by atoms with Gasteiger partial charge in [0.1, 0.15) is 12.2 Å². The fourth-order valence-electron chi connectivity index (χ4n) is 16.0. The van der Waals surface area contributed by atoms with Crippen LogP contribution in [0.5, 0.6) is 0 Å². The number of fused-ring (bicyclic) bond motifs is 4. The Bertz CT molecular complexity index is 3710. The van der Waals surface area contributed by atoms with Crippen LogP contribution in [-0.4, -0.2) is 72.7 Å². The summed E-state index contributed by atoms with van der Waals surface area (Å²) in [5.41, 5.74) is 4.49. The Balaban J connectivity index is 0.000000187. The van der Waals surface area contributed by atoms with Crippen LogP contribution < -0.4 is 0 Å². The van der Waals surface area contributed by atoms with E-state index in [9.17, 15) is 29.4 Å². The van der Waals surface area contributed by atoms with Crippen molar-refractivity contribution in [1.82, 2.24) is 0 Å². The summed E-state index contributed by atoms with van der Waals surface area (Å²) in [7, 11) is 2.76. The Kier molecular flexibility index (Phi) is 27.0. The van der Waals surface area contributed by atoms with Crippen LogP contribution in [0.3, 0.4) is 0 Å². The van der Waals surface area contributed by atoms with Gasteiger partial charge in [-0.1, -0.05) is 206 Å². The maximum atomic E-state index is 13.9. The SMILES string of the molecule is CC(C)[C@@H]1CC[C@@H](C)C[C@H]1O.CC(C)[C@H]1CC[C@H](C)C[C@@H]1O.COC(=O)c1cc2ccccc2cc1-c1cc2ccccc2cc1C(=O)O[C@@H]1C[C@H](C)CC[C@H]1C(C)C.COC(=O)c1cc2ccccc2cc1-c1cc2ccccc2cc1C(=O)O[C@H]1C[C@@H](C)CC[C@@H]1C(C)C.S. The van der Waals surface area contributed by atoms with Crippen molar-refractivity contribution in [2.24, 2.45) is 71.0 Å². The number of esters is 4. The minimum Gasteiger partial charge on any atom is -0.465 e. The van der Waals surface area contributed by atoms with Crippen molar-refractivity contribution in [2.75, 3.05) is 14.2 Å². The molecule has 0 spiro atoms. The Hall–Kier alpha value is -7.05. The standard InChI is InChI=1S/2C33H34O4.2C10H20O.H2S/c2*1-20(2)26-14-13-21(3)15-31(26)37-33(35)30-19-25-12-8-6-10-23(25)17-28(30)27-16-22-9-5-7-11-24(22)18-29(27)32(34)36-4;2*1-7(2)9-5-4-8(3)6-10(9)11;/h2*5-12,16-21,26,31H,13-15H2,1-4H3;2*7-11H,4-6H2,1-3H3;1H2/t2*21-,26+,31-;2*8-,9+,10-;/m1010./s1.